The summed E-state index contributed by atoms with van der Waals surface area (Å²) in [5, 5.41) is 1.74. The average molecular weight is 280 g/mol. The molecular formula is C18H13FO2. The molecule has 0 aromatic heterocycles. The van der Waals surface area contributed by atoms with Crippen LogP contribution in [-0.2, 0) is 0 Å². The molecule has 0 radical (unpaired) electrons. The Bertz CT molecular complexity index is 819. The van der Waals surface area contributed by atoms with Crippen molar-refractivity contribution in [1.29, 1.82) is 0 Å². The smallest absolute Gasteiger partial charge is 0.200 e. The number of ketones is 1. The lowest BCUT2D eigenvalue weighted by Gasteiger charge is -2.10. The van der Waals surface area contributed by atoms with Crippen LogP contribution in [0.5, 0.6) is 5.75 Å². The number of hydrogen-bond acceptors (Lipinski definition) is 2. The molecule has 104 valence electrons. The summed E-state index contributed by atoms with van der Waals surface area (Å²) in [6.45, 7) is 0. The third-order valence-corrected chi connectivity index (χ3v) is 3.46. The van der Waals surface area contributed by atoms with Gasteiger partial charge in [0.1, 0.15) is 17.1 Å². The maximum Gasteiger partial charge on any atom is 0.200 e. The van der Waals surface area contributed by atoms with Crippen molar-refractivity contribution in [2.45, 2.75) is 0 Å². The molecule has 0 aliphatic carbocycles. The summed E-state index contributed by atoms with van der Waals surface area (Å²) in [5.41, 5.74) is 0.438. The van der Waals surface area contributed by atoms with Crippen molar-refractivity contribution in [3.05, 3.63) is 77.6 Å². The van der Waals surface area contributed by atoms with E-state index in [0.717, 1.165) is 10.8 Å². The molecule has 2 nitrogen and oxygen atoms in total. The number of halogens is 1. The molecule has 0 N–H and O–H groups in total. The van der Waals surface area contributed by atoms with Gasteiger partial charge in [-0.3, -0.25) is 4.79 Å². The highest BCUT2D eigenvalue weighted by molar-refractivity contribution is 6.17. The molecule has 0 aliphatic rings. The molecule has 0 saturated heterocycles. The van der Waals surface area contributed by atoms with E-state index >= 15 is 0 Å². The topological polar surface area (TPSA) is 26.3 Å². The second-order valence-electron chi connectivity index (χ2n) is 4.67. The van der Waals surface area contributed by atoms with Gasteiger partial charge in [0.2, 0.25) is 0 Å². The second kappa shape index (κ2) is 5.37. The molecule has 0 fully saturated rings. The summed E-state index contributed by atoms with van der Waals surface area (Å²) in [7, 11) is 1.43. The summed E-state index contributed by atoms with van der Waals surface area (Å²) in [6, 6.07) is 17.3. The maximum atomic E-state index is 14.1. The van der Waals surface area contributed by atoms with Crippen molar-refractivity contribution in [2.75, 3.05) is 7.11 Å². The Morgan fingerprint density at radius 2 is 1.67 bits per heavy atom. The Morgan fingerprint density at radius 3 is 2.48 bits per heavy atom. The van der Waals surface area contributed by atoms with E-state index in [1.165, 1.54) is 19.2 Å². The van der Waals surface area contributed by atoms with Gasteiger partial charge in [-0.05, 0) is 22.9 Å². The van der Waals surface area contributed by atoms with Crippen molar-refractivity contribution >= 4 is 16.6 Å². The van der Waals surface area contributed by atoms with Crippen LogP contribution in [0.15, 0.2) is 60.7 Å². The quantitative estimate of drug-likeness (QED) is 0.671. The predicted octanol–water partition coefficient (Wildman–Crippen LogP) is 4.22. The molecule has 21 heavy (non-hydrogen) atoms. The second-order valence-corrected chi connectivity index (χ2v) is 4.67. The Balaban J connectivity index is 2.23. The average Bonchev–Trinajstić information content (AvgIpc) is 2.53. The summed E-state index contributed by atoms with van der Waals surface area (Å²) >= 11 is 0. The minimum absolute atomic E-state index is 0.0312. The maximum absolute atomic E-state index is 14.1. The summed E-state index contributed by atoms with van der Waals surface area (Å²) in [6.07, 6.45) is 0. The number of fused-ring (bicyclic) bond motifs is 1. The number of carbonyl (C=O) groups is 1. The van der Waals surface area contributed by atoms with Crippen LogP contribution in [0.2, 0.25) is 0 Å². The fourth-order valence-corrected chi connectivity index (χ4v) is 2.45. The first-order valence-electron chi connectivity index (χ1n) is 6.57. The lowest BCUT2D eigenvalue weighted by atomic mass is 9.96. The molecule has 0 spiro atoms. The van der Waals surface area contributed by atoms with E-state index in [4.69, 9.17) is 4.74 Å². The van der Waals surface area contributed by atoms with E-state index in [0.29, 0.717) is 5.56 Å². The zero-order chi connectivity index (χ0) is 14.8. The molecule has 0 atom stereocenters. The zero-order valence-electron chi connectivity index (χ0n) is 11.5. The summed E-state index contributed by atoms with van der Waals surface area (Å²) in [5.74, 6) is -0.707. The third-order valence-electron chi connectivity index (χ3n) is 3.46. The Hall–Kier alpha value is -2.68. The minimum atomic E-state index is -0.577. The van der Waals surface area contributed by atoms with E-state index in [-0.39, 0.29) is 17.1 Å². The number of benzene rings is 3. The van der Waals surface area contributed by atoms with E-state index in [1.807, 2.05) is 30.3 Å². The van der Waals surface area contributed by atoms with Crippen LogP contribution >= 0.6 is 0 Å². The van der Waals surface area contributed by atoms with Gasteiger partial charge in [-0.25, -0.2) is 4.39 Å². The Labute approximate surface area is 121 Å². The van der Waals surface area contributed by atoms with Gasteiger partial charge in [-0.1, -0.05) is 48.5 Å². The lowest BCUT2D eigenvalue weighted by molar-refractivity contribution is 0.103. The monoisotopic (exact) mass is 280 g/mol. The highest BCUT2D eigenvalue weighted by Crippen LogP contribution is 2.27. The zero-order valence-corrected chi connectivity index (χ0v) is 11.5. The fraction of sp³-hybridized carbons (Fsp3) is 0.0556. The molecule has 3 rings (SSSR count). The molecule has 0 amide bonds. The van der Waals surface area contributed by atoms with Crippen molar-refractivity contribution in [2.24, 2.45) is 0 Å². The molecule has 0 bridgehead atoms. The molecule has 0 aliphatic heterocycles. The fourth-order valence-electron chi connectivity index (χ4n) is 2.45. The van der Waals surface area contributed by atoms with E-state index in [1.54, 1.807) is 18.2 Å². The van der Waals surface area contributed by atoms with Gasteiger partial charge in [-0.15, -0.1) is 0 Å². The number of carbonyl (C=O) groups excluding carboxylic acids is 1. The van der Waals surface area contributed by atoms with E-state index in [2.05, 4.69) is 0 Å². The predicted molar refractivity (Wildman–Crippen MR) is 80.3 cm³/mol. The van der Waals surface area contributed by atoms with Crippen LogP contribution in [-0.4, -0.2) is 12.9 Å². The van der Waals surface area contributed by atoms with E-state index < -0.39 is 5.82 Å². The molecule has 3 aromatic rings. The van der Waals surface area contributed by atoms with Gasteiger partial charge in [0, 0.05) is 5.56 Å². The van der Waals surface area contributed by atoms with Crippen LogP contribution < -0.4 is 4.74 Å². The standard InChI is InChI=1S/C18H13FO2/c1-21-16-11-5-10-15(19)17(16)18(20)14-9-4-7-12-6-2-3-8-13(12)14/h2-11H,1H3. The van der Waals surface area contributed by atoms with Gasteiger partial charge in [0.15, 0.2) is 5.78 Å². The summed E-state index contributed by atoms with van der Waals surface area (Å²) < 4.78 is 19.2. The van der Waals surface area contributed by atoms with Crippen molar-refractivity contribution in [1.82, 2.24) is 0 Å². The molecule has 0 saturated carbocycles. The van der Waals surface area contributed by atoms with Gasteiger partial charge < -0.3 is 4.74 Å². The van der Waals surface area contributed by atoms with Gasteiger partial charge in [-0.2, -0.15) is 0 Å². The van der Waals surface area contributed by atoms with Gasteiger partial charge >= 0.3 is 0 Å². The first-order chi connectivity index (χ1) is 10.2. The molecule has 0 heterocycles. The number of methoxy groups -OCH3 is 1. The number of rotatable bonds is 3. The number of ether oxygens (including phenoxy) is 1. The lowest BCUT2D eigenvalue weighted by Crippen LogP contribution is -2.07. The van der Waals surface area contributed by atoms with Crippen molar-refractivity contribution < 1.29 is 13.9 Å². The Kier molecular flexibility index (Phi) is 3.40. The van der Waals surface area contributed by atoms with Crippen molar-refractivity contribution in [3.63, 3.8) is 0 Å². The minimum Gasteiger partial charge on any atom is -0.496 e. The van der Waals surface area contributed by atoms with Gasteiger partial charge in [0.05, 0.1) is 7.11 Å². The first kappa shape index (κ1) is 13.3. The van der Waals surface area contributed by atoms with Crippen molar-refractivity contribution in [3.8, 4) is 5.75 Å². The van der Waals surface area contributed by atoms with Gasteiger partial charge in [0.25, 0.3) is 0 Å². The van der Waals surface area contributed by atoms with Crippen LogP contribution in [0.4, 0.5) is 4.39 Å². The van der Waals surface area contributed by atoms with Crippen LogP contribution in [0.3, 0.4) is 0 Å². The van der Waals surface area contributed by atoms with Crippen LogP contribution in [0.25, 0.3) is 10.8 Å². The van der Waals surface area contributed by atoms with E-state index in [9.17, 15) is 9.18 Å². The molecular weight excluding hydrogens is 267 g/mol. The largest absolute Gasteiger partial charge is 0.496 e. The SMILES string of the molecule is COc1cccc(F)c1C(=O)c1cccc2ccccc12. The van der Waals surface area contributed by atoms with Crippen LogP contribution in [0.1, 0.15) is 15.9 Å². The number of hydrogen-bond donors (Lipinski definition) is 0. The highest BCUT2D eigenvalue weighted by atomic mass is 19.1. The normalized spacial score (nSPS) is 10.6. The Morgan fingerprint density at radius 1 is 0.952 bits per heavy atom. The first-order valence-corrected chi connectivity index (χ1v) is 6.57. The molecule has 0 unspecified atom stereocenters. The summed E-state index contributed by atoms with van der Waals surface area (Å²) in [4.78, 5) is 12.7. The molecule has 3 aromatic carbocycles. The molecule has 3 heteroatoms. The highest BCUT2D eigenvalue weighted by Gasteiger charge is 2.20. The third kappa shape index (κ3) is 2.27. The van der Waals surface area contributed by atoms with Crippen LogP contribution in [0, 0.1) is 5.82 Å².